The maximum Gasteiger partial charge on any atom is 0.283 e. The molecule has 0 amide bonds. The van der Waals surface area contributed by atoms with Crippen molar-refractivity contribution < 1.29 is 4.74 Å². The molecule has 1 aliphatic heterocycles. The molecule has 0 saturated carbocycles. The van der Waals surface area contributed by atoms with E-state index in [-0.39, 0.29) is 5.56 Å². The normalized spacial score (nSPS) is 18.4. The lowest BCUT2D eigenvalue weighted by atomic mass is 10.2. The summed E-state index contributed by atoms with van der Waals surface area (Å²) >= 11 is 3.40. The molecule has 7 heteroatoms. The first kappa shape index (κ1) is 15.5. The van der Waals surface area contributed by atoms with Gasteiger partial charge in [0.05, 0.1) is 25.0 Å². The van der Waals surface area contributed by atoms with Crippen molar-refractivity contribution in [3.05, 3.63) is 21.0 Å². The van der Waals surface area contributed by atoms with Crippen molar-refractivity contribution >= 4 is 21.6 Å². The van der Waals surface area contributed by atoms with Gasteiger partial charge in [0.15, 0.2) is 0 Å². The number of hydrogen-bond acceptors (Lipinski definition) is 5. The highest BCUT2D eigenvalue weighted by molar-refractivity contribution is 9.10. The van der Waals surface area contributed by atoms with Gasteiger partial charge in [-0.25, -0.2) is 4.68 Å². The van der Waals surface area contributed by atoms with Crippen LogP contribution in [-0.4, -0.2) is 49.7 Å². The van der Waals surface area contributed by atoms with Crippen LogP contribution >= 0.6 is 15.9 Å². The molecule has 2 rings (SSSR count). The van der Waals surface area contributed by atoms with Crippen molar-refractivity contribution in [3.63, 3.8) is 0 Å². The lowest BCUT2D eigenvalue weighted by Gasteiger charge is -2.24. The van der Waals surface area contributed by atoms with E-state index in [1.807, 2.05) is 7.05 Å². The van der Waals surface area contributed by atoms with Crippen LogP contribution in [0.2, 0.25) is 0 Å². The highest BCUT2D eigenvalue weighted by atomic mass is 79.9. The molecule has 6 nitrogen and oxygen atoms in total. The molecule has 0 bridgehead atoms. The van der Waals surface area contributed by atoms with Gasteiger partial charge in [-0.2, -0.15) is 5.10 Å². The van der Waals surface area contributed by atoms with Gasteiger partial charge < -0.3 is 15.0 Å². The number of halogens is 1. The fourth-order valence-corrected chi connectivity index (χ4v) is 3.01. The predicted molar refractivity (Wildman–Crippen MR) is 82.4 cm³/mol. The Labute approximate surface area is 127 Å². The lowest BCUT2D eigenvalue weighted by Crippen LogP contribution is -2.37. The van der Waals surface area contributed by atoms with Gasteiger partial charge in [0, 0.05) is 26.7 Å². The minimum atomic E-state index is -0.120. The summed E-state index contributed by atoms with van der Waals surface area (Å²) in [5, 5.41) is 7.66. The number of nitrogens with one attached hydrogen (secondary N) is 1. The second kappa shape index (κ2) is 7.19. The molecule has 1 aliphatic rings. The molecule has 0 aromatic carbocycles. The van der Waals surface area contributed by atoms with E-state index in [1.165, 1.54) is 17.5 Å². The average Bonchev–Trinajstić information content (AvgIpc) is 2.93. The monoisotopic (exact) mass is 344 g/mol. The standard InChI is InChI=1S/C13H21BrN4O2/c1-17(9-10-4-3-5-15-10)11-8-16-18(6-7-20-2)13(19)12(11)14/h8,10,15H,3-7,9H2,1-2H3. The smallest absolute Gasteiger partial charge is 0.283 e. The molecule has 20 heavy (non-hydrogen) atoms. The van der Waals surface area contributed by atoms with Gasteiger partial charge in [-0.15, -0.1) is 0 Å². The first-order chi connectivity index (χ1) is 9.63. The third kappa shape index (κ3) is 3.59. The predicted octanol–water partition coefficient (Wildman–Crippen LogP) is 0.840. The summed E-state index contributed by atoms with van der Waals surface area (Å²) in [6.45, 7) is 2.89. The van der Waals surface area contributed by atoms with Crippen molar-refractivity contribution in [1.82, 2.24) is 15.1 Å². The van der Waals surface area contributed by atoms with Crippen molar-refractivity contribution in [2.75, 3.05) is 38.8 Å². The van der Waals surface area contributed by atoms with E-state index in [4.69, 9.17) is 4.74 Å². The fourth-order valence-electron chi connectivity index (χ4n) is 2.40. The second-order valence-corrected chi connectivity index (χ2v) is 5.83. The van der Waals surface area contributed by atoms with Crippen LogP contribution in [0.3, 0.4) is 0 Å². The number of rotatable bonds is 6. The molecule has 1 saturated heterocycles. The van der Waals surface area contributed by atoms with Crippen LogP contribution in [0.5, 0.6) is 0 Å². The van der Waals surface area contributed by atoms with Gasteiger partial charge in [0.1, 0.15) is 4.47 Å². The van der Waals surface area contributed by atoms with Gasteiger partial charge in [-0.1, -0.05) is 0 Å². The van der Waals surface area contributed by atoms with Gasteiger partial charge in [0.25, 0.3) is 5.56 Å². The zero-order chi connectivity index (χ0) is 14.5. The largest absolute Gasteiger partial charge is 0.383 e. The van der Waals surface area contributed by atoms with Crippen LogP contribution in [0.15, 0.2) is 15.5 Å². The highest BCUT2D eigenvalue weighted by Gasteiger charge is 2.19. The number of likely N-dealkylation sites (N-methyl/N-ethyl adjacent to an activating group) is 1. The molecule has 1 fully saturated rings. The molecule has 1 aromatic rings. The molecule has 0 radical (unpaired) electrons. The van der Waals surface area contributed by atoms with Crippen LogP contribution < -0.4 is 15.8 Å². The van der Waals surface area contributed by atoms with Gasteiger partial charge in [-0.05, 0) is 35.3 Å². The Morgan fingerprint density at radius 3 is 3.10 bits per heavy atom. The zero-order valence-corrected chi connectivity index (χ0v) is 13.5. The molecule has 2 heterocycles. The summed E-state index contributed by atoms with van der Waals surface area (Å²) < 4.78 is 6.95. The summed E-state index contributed by atoms with van der Waals surface area (Å²) in [6, 6.07) is 0.489. The molecule has 1 unspecified atom stereocenters. The van der Waals surface area contributed by atoms with E-state index in [0.29, 0.717) is 23.7 Å². The van der Waals surface area contributed by atoms with E-state index in [0.717, 1.165) is 18.8 Å². The third-order valence-electron chi connectivity index (χ3n) is 3.54. The number of anilines is 1. The maximum absolute atomic E-state index is 12.2. The Bertz CT molecular complexity index is 500. The molecule has 1 atom stereocenters. The summed E-state index contributed by atoms with van der Waals surface area (Å²) in [4.78, 5) is 14.3. The molecule has 1 N–H and O–H groups in total. The minimum Gasteiger partial charge on any atom is -0.383 e. The molecule has 112 valence electrons. The van der Waals surface area contributed by atoms with Crippen molar-refractivity contribution in [3.8, 4) is 0 Å². The van der Waals surface area contributed by atoms with E-state index >= 15 is 0 Å². The summed E-state index contributed by atoms with van der Waals surface area (Å²) in [5.74, 6) is 0. The number of ether oxygens (including phenoxy) is 1. The van der Waals surface area contributed by atoms with Gasteiger partial charge >= 0.3 is 0 Å². The Hall–Kier alpha value is -0.920. The van der Waals surface area contributed by atoms with Crippen LogP contribution in [0.25, 0.3) is 0 Å². The van der Waals surface area contributed by atoms with E-state index in [1.54, 1.807) is 13.3 Å². The van der Waals surface area contributed by atoms with E-state index < -0.39 is 0 Å². The first-order valence-electron chi connectivity index (χ1n) is 6.82. The molecule has 1 aromatic heterocycles. The topological polar surface area (TPSA) is 59.4 Å². The van der Waals surface area contributed by atoms with Crippen LogP contribution in [0.1, 0.15) is 12.8 Å². The van der Waals surface area contributed by atoms with Gasteiger partial charge in [0.2, 0.25) is 0 Å². The number of methoxy groups -OCH3 is 1. The van der Waals surface area contributed by atoms with Crippen LogP contribution in [0, 0.1) is 0 Å². The van der Waals surface area contributed by atoms with Crippen LogP contribution in [-0.2, 0) is 11.3 Å². The Balaban J connectivity index is 2.11. The summed E-state index contributed by atoms with van der Waals surface area (Å²) in [7, 11) is 3.59. The lowest BCUT2D eigenvalue weighted by molar-refractivity contribution is 0.181. The number of aromatic nitrogens is 2. The Morgan fingerprint density at radius 2 is 2.45 bits per heavy atom. The summed E-state index contributed by atoms with van der Waals surface area (Å²) in [5.41, 5.74) is 0.711. The number of hydrogen-bond donors (Lipinski definition) is 1. The number of nitrogens with zero attached hydrogens (tertiary/aromatic N) is 3. The van der Waals surface area contributed by atoms with E-state index in [9.17, 15) is 4.79 Å². The Kier molecular flexibility index (Phi) is 5.56. The van der Waals surface area contributed by atoms with Gasteiger partial charge in [-0.3, -0.25) is 4.79 Å². The fraction of sp³-hybridized carbons (Fsp3) is 0.692. The highest BCUT2D eigenvalue weighted by Crippen LogP contribution is 2.21. The average molecular weight is 345 g/mol. The molecular weight excluding hydrogens is 324 g/mol. The zero-order valence-electron chi connectivity index (χ0n) is 11.9. The SMILES string of the molecule is COCCn1ncc(N(C)CC2CCCN2)c(Br)c1=O. The van der Waals surface area contributed by atoms with E-state index in [2.05, 4.69) is 31.2 Å². The second-order valence-electron chi connectivity index (χ2n) is 5.04. The maximum atomic E-state index is 12.2. The first-order valence-corrected chi connectivity index (χ1v) is 7.62. The quantitative estimate of drug-likeness (QED) is 0.828. The Morgan fingerprint density at radius 1 is 1.65 bits per heavy atom. The van der Waals surface area contributed by atoms with Crippen molar-refractivity contribution in [2.24, 2.45) is 0 Å². The minimum absolute atomic E-state index is 0.120. The molecule has 0 aliphatic carbocycles. The molecule has 0 spiro atoms. The van der Waals surface area contributed by atoms with Crippen LogP contribution in [0.4, 0.5) is 5.69 Å². The summed E-state index contributed by atoms with van der Waals surface area (Å²) in [6.07, 6.45) is 4.13. The van der Waals surface area contributed by atoms with Crippen molar-refractivity contribution in [2.45, 2.75) is 25.4 Å². The van der Waals surface area contributed by atoms with Crippen molar-refractivity contribution in [1.29, 1.82) is 0 Å². The molecular formula is C13H21BrN4O2. The third-order valence-corrected chi connectivity index (χ3v) is 4.29.